The lowest BCUT2D eigenvalue weighted by atomic mass is 10.0. The van der Waals surface area contributed by atoms with E-state index in [1.807, 2.05) is 23.6 Å². The van der Waals surface area contributed by atoms with E-state index in [0.717, 1.165) is 16.9 Å². The minimum Gasteiger partial charge on any atom is -0.217 e. The van der Waals surface area contributed by atoms with E-state index in [1.54, 1.807) is 0 Å². The van der Waals surface area contributed by atoms with E-state index in [4.69, 9.17) is 0 Å². The van der Waals surface area contributed by atoms with Gasteiger partial charge in [0.1, 0.15) is 0 Å². The second kappa shape index (κ2) is 7.64. The summed E-state index contributed by atoms with van der Waals surface area (Å²) in [6, 6.07) is 19.0. The largest absolute Gasteiger partial charge is 0.230 e. The average molecular weight is 386 g/mol. The van der Waals surface area contributed by atoms with Crippen LogP contribution in [0.4, 0.5) is 10.8 Å². The van der Waals surface area contributed by atoms with Crippen LogP contribution in [0, 0.1) is 13.8 Å². The first-order chi connectivity index (χ1) is 13.5. The third-order valence-electron chi connectivity index (χ3n) is 5.01. The molecular weight excluding hydrogens is 362 g/mol. The third-order valence-corrected chi connectivity index (χ3v) is 5.73. The van der Waals surface area contributed by atoms with E-state index in [-0.39, 0.29) is 0 Å². The molecule has 0 atom stereocenters. The van der Waals surface area contributed by atoms with Crippen molar-refractivity contribution < 1.29 is 0 Å². The Kier molecular flexibility index (Phi) is 5.05. The summed E-state index contributed by atoms with van der Waals surface area (Å²) in [5.41, 5.74) is 9.15. The van der Waals surface area contributed by atoms with Crippen molar-refractivity contribution in [2.75, 3.05) is 0 Å². The Morgan fingerprint density at radius 2 is 1.68 bits per heavy atom. The predicted molar refractivity (Wildman–Crippen MR) is 118 cm³/mol. The molecule has 0 aliphatic heterocycles. The lowest BCUT2D eigenvalue weighted by molar-refractivity contribution is 0.868. The van der Waals surface area contributed by atoms with Crippen molar-refractivity contribution in [3.63, 3.8) is 0 Å². The van der Waals surface area contributed by atoms with Crippen molar-refractivity contribution in [1.29, 1.82) is 0 Å². The Morgan fingerprint density at radius 3 is 2.43 bits per heavy atom. The van der Waals surface area contributed by atoms with Gasteiger partial charge in [0, 0.05) is 16.5 Å². The van der Waals surface area contributed by atoms with Crippen molar-refractivity contribution in [2.45, 2.75) is 33.6 Å². The molecule has 4 heteroatoms. The number of benzene rings is 1. The third kappa shape index (κ3) is 3.60. The van der Waals surface area contributed by atoms with Gasteiger partial charge in [0.15, 0.2) is 0 Å². The summed E-state index contributed by atoms with van der Waals surface area (Å²) < 4.78 is 0. The van der Waals surface area contributed by atoms with Gasteiger partial charge in [-0.15, -0.1) is 21.6 Å². The molecule has 2 aliphatic carbocycles. The Hall–Kier alpha value is -2.85. The predicted octanol–water partition coefficient (Wildman–Crippen LogP) is 8.07. The van der Waals surface area contributed by atoms with Crippen LogP contribution in [-0.4, -0.2) is 4.98 Å². The molecule has 140 valence electrons. The van der Waals surface area contributed by atoms with Gasteiger partial charge < -0.3 is 0 Å². The van der Waals surface area contributed by atoms with Gasteiger partial charge in [-0.25, -0.2) is 4.98 Å². The zero-order valence-electron chi connectivity index (χ0n) is 16.6. The molecule has 1 heterocycles. The van der Waals surface area contributed by atoms with E-state index >= 15 is 0 Å². The molecule has 0 radical (unpaired) electrons. The maximum Gasteiger partial charge on any atom is 0.230 e. The molecule has 0 fully saturated rings. The summed E-state index contributed by atoms with van der Waals surface area (Å²) in [4.78, 5) is 4.61. The zero-order valence-corrected chi connectivity index (χ0v) is 17.4. The van der Waals surface area contributed by atoms with E-state index in [1.165, 1.54) is 39.2 Å². The van der Waals surface area contributed by atoms with E-state index < -0.39 is 0 Å². The van der Waals surface area contributed by atoms with Gasteiger partial charge in [0.2, 0.25) is 5.13 Å². The van der Waals surface area contributed by atoms with Crippen LogP contribution in [0.5, 0.6) is 0 Å². The van der Waals surface area contributed by atoms with Crippen LogP contribution in [0.3, 0.4) is 0 Å². The van der Waals surface area contributed by atoms with Gasteiger partial charge in [0.05, 0.1) is 11.4 Å². The van der Waals surface area contributed by atoms with Crippen LogP contribution < -0.4 is 0 Å². The monoisotopic (exact) mass is 385 g/mol. The molecule has 0 saturated carbocycles. The highest BCUT2D eigenvalue weighted by Gasteiger charge is 2.16. The number of aryl methyl sites for hydroxylation is 2. The first-order valence-corrected chi connectivity index (χ1v) is 10.4. The number of nitrogens with zero attached hydrogens (tertiary/aromatic N) is 3. The minimum absolute atomic E-state index is 0.487. The highest BCUT2D eigenvalue weighted by molar-refractivity contribution is 7.13. The fraction of sp³-hybridized carbons (Fsp3) is 0.208. The van der Waals surface area contributed by atoms with Gasteiger partial charge >= 0.3 is 0 Å². The maximum atomic E-state index is 4.61. The van der Waals surface area contributed by atoms with Crippen LogP contribution >= 0.6 is 11.3 Å². The molecule has 1 aromatic heterocycles. The topological polar surface area (TPSA) is 37.6 Å². The molecule has 0 spiro atoms. The highest BCUT2D eigenvalue weighted by Crippen LogP contribution is 2.41. The Morgan fingerprint density at radius 1 is 0.893 bits per heavy atom. The molecular formula is C24H23N3S. The van der Waals surface area contributed by atoms with Crippen LogP contribution in [0.1, 0.15) is 36.5 Å². The summed E-state index contributed by atoms with van der Waals surface area (Å²) >= 11 is 1.51. The number of thiazole rings is 1. The number of fused-ring (bicyclic) bond motifs is 1. The Bertz CT molecular complexity index is 1110. The van der Waals surface area contributed by atoms with Gasteiger partial charge in [-0.1, -0.05) is 62.4 Å². The van der Waals surface area contributed by atoms with Crippen molar-refractivity contribution in [2.24, 2.45) is 10.2 Å². The lowest BCUT2D eigenvalue weighted by Gasteiger charge is -2.03. The molecule has 0 unspecified atom stereocenters. The van der Waals surface area contributed by atoms with Gasteiger partial charge in [0.25, 0.3) is 0 Å². The smallest absolute Gasteiger partial charge is 0.217 e. The fourth-order valence-electron chi connectivity index (χ4n) is 3.40. The lowest BCUT2D eigenvalue weighted by Crippen LogP contribution is -1.83. The second-order valence-corrected chi connectivity index (χ2v) is 8.23. The van der Waals surface area contributed by atoms with E-state index in [0.29, 0.717) is 11.0 Å². The number of hydrogen-bond donors (Lipinski definition) is 0. The summed E-state index contributed by atoms with van der Waals surface area (Å²) in [6.45, 7) is 8.73. The molecule has 0 bridgehead atoms. The van der Waals surface area contributed by atoms with Gasteiger partial charge in [-0.2, -0.15) is 0 Å². The van der Waals surface area contributed by atoms with Gasteiger partial charge in [-0.3, -0.25) is 0 Å². The summed E-state index contributed by atoms with van der Waals surface area (Å²) in [7, 11) is 0. The molecule has 0 amide bonds. The zero-order chi connectivity index (χ0) is 19.7. The number of rotatable bonds is 4. The normalized spacial score (nSPS) is 11.8. The maximum absolute atomic E-state index is 4.61. The van der Waals surface area contributed by atoms with Crippen LogP contribution in [0.2, 0.25) is 0 Å². The molecule has 2 aliphatic rings. The SMILES string of the molecule is Cc1cc(N=Nc2nc(-c3ccccc3)cs2)c2c(C)ccc(C(C)C)cc1-2. The first-order valence-electron chi connectivity index (χ1n) is 9.49. The number of azo groups is 1. The fourth-order valence-corrected chi connectivity index (χ4v) is 4.04. The Labute approximate surface area is 170 Å². The molecule has 0 saturated heterocycles. The molecule has 3 nitrogen and oxygen atoms in total. The summed E-state index contributed by atoms with van der Waals surface area (Å²) in [5.74, 6) is 0.487. The van der Waals surface area contributed by atoms with E-state index in [9.17, 15) is 0 Å². The number of hydrogen-bond acceptors (Lipinski definition) is 4. The quantitative estimate of drug-likeness (QED) is 0.327. The average Bonchev–Trinajstić information content (AvgIpc) is 3.23. The number of aromatic nitrogens is 1. The van der Waals surface area contributed by atoms with Crippen molar-refractivity contribution in [1.82, 2.24) is 4.98 Å². The van der Waals surface area contributed by atoms with Crippen LogP contribution in [-0.2, 0) is 0 Å². The highest BCUT2D eigenvalue weighted by atomic mass is 32.1. The Balaban J connectivity index is 1.69. The second-order valence-electron chi connectivity index (χ2n) is 7.40. The van der Waals surface area contributed by atoms with Crippen LogP contribution in [0.25, 0.3) is 22.4 Å². The van der Waals surface area contributed by atoms with Crippen molar-refractivity contribution in [3.8, 4) is 22.4 Å². The molecule has 4 rings (SSSR count). The molecule has 1 aromatic carbocycles. The molecule has 2 aromatic rings. The molecule has 28 heavy (non-hydrogen) atoms. The van der Waals surface area contributed by atoms with E-state index in [2.05, 4.69) is 79.3 Å². The van der Waals surface area contributed by atoms with Crippen molar-refractivity contribution >= 4 is 22.2 Å². The van der Waals surface area contributed by atoms with Crippen LogP contribution in [0.15, 0.2) is 70.2 Å². The first kappa shape index (κ1) is 18.5. The summed E-state index contributed by atoms with van der Waals surface area (Å²) in [5, 5.41) is 11.7. The minimum atomic E-state index is 0.487. The standard InChI is InChI=1S/C24H23N3S/c1-15(2)19-11-10-16(3)23-20(13-19)17(4)12-21(23)26-27-24-25-22(14-28-24)18-8-6-5-7-9-18/h5-15H,1-4H3. The van der Waals surface area contributed by atoms with Crippen molar-refractivity contribution in [3.05, 3.63) is 76.7 Å². The van der Waals surface area contributed by atoms with Gasteiger partial charge in [-0.05, 0) is 48.1 Å². The molecule has 0 N–H and O–H groups in total. The summed E-state index contributed by atoms with van der Waals surface area (Å²) in [6.07, 6.45) is 0.